The van der Waals surface area contributed by atoms with Crippen molar-refractivity contribution >= 4 is 0 Å². The fraction of sp³-hybridized carbons (Fsp3) is 1.00. The van der Waals surface area contributed by atoms with Crippen LogP contribution in [0.2, 0.25) is 0 Å². The summed E-state index contributed by atoms with van der Waals surface area (Å²) in [4.78, 5) is 0. The van der Waals surface area contributed by atoms with Crippen LogP contribution >= 0.6 is 0 Å². The van der Waals surface area contributed by atoms with Crippen LogP contribution in [-0.4, -0.2) is 25.8 Å². The Labute approximate surface area is 109 Å². The molecule has 0 aliphatic rings. The highest BCUT2D eigenvalue weighted by atomic mass is 16.5. The molecule has 0 bridgehead atoms. The highest BCUT2D eigenvalue weighted by Crippen LogP contribution is 2.07. The Morgan fingerprint density at radius 3 is 2.06 bits per heavy atom. The van der Waals surface area contributed by atoms with Crippen molar-refractivity contribution in [3.63, 3.8) is 0 Å². The molecule has 0 aromatic heterocycles. The summed E-state index contributed by atoms with van der Waals surface area (Å²) in [6.07, 6.45) is 11.1. The van der Waals surface area contributed by atoms with E-state index in [4.69, 9.17) is 4.74 Å². The van der Waals surface area contributed by atoms with Crippen LogP contribution in [0, 0.1) is 0 Å². The van der Waals surface area contributed by atoms with Gasteiger partial charge in [0, 0.05) is 12.6 Å². The average molecular weight is 243 g/mol. The molecule has 0 amide bonds. The predicted octanol–water partition coefficient (Wildman–Crippen LogP) is 4.14. The highest BCUT2D eigenvalue weighted by Gasteiger charge is 1.99. The molecular formula is C15H33NO. The first-order chi connectivity index (χ1) is 8.31. The molecule has 2 heteroatoms. The molecule has 0 rings (SSSR count). The summed E-state index contributed by atoms with van der Waals surface area (Å²) in [6.45, 7) is 9.32. The van der Waals surface area contributed by atoms with Crippen LogP contribution in [0.1, 0.15) is 72.1 Å². The topological polar surface area (TPSA) is 21.3 Å². The average Bonchev–Trinajstić information content (AvgIpc) is 2.34. The van der Waals surface area contributed by atoms with Gasteiger partial charge in [0.1, 0.15) is 0 Å². The Morgan fingerprint density at radius 2 is 1.47 bits per heavy atom. The molecule has 1 atom stereocenters. The van der Waals surface area contributed by atoms with Crippen molar-refractivity contribution in [1.29, 1.82) is 0 Å². The monoisotopic (exact) mass is 243 g/mol. The maximum Gasteiger partial charge on any atom is 0.0616 e. The van der Waals surface area contributed by atoms with E-state index in [1.54, 1.807) is 0 Å². The second-order valence-corrected chi connectivity index (χ2v) is 4.99. The zero-order valence-electron chi connectivity index (χ0n) is 12.3. The maximum absolute atomic E-state index is 5.37. The minimum atomic E-state index is 0.500. The molecule has 0 fully saturated rings. The van der Waals surface area contributed by atoms with E-state index in [2.05, 4.69) is 19.2 Å². The molecule has 0 radical (unpaired) electrons. The van der Waals surface area contributed by atoms with Gasteiger partial charge < -0.3 is 10.1 Å². The number of ether oxygens (including phenoxy) is 1. The molecule has 1 N–H and O–H groups in total. The van der Waals surface area contributed by atoms with Crippen molar-refractivity contribution in [2.24, 2.45) is 0 Å². The van der Waals surface area contributed by atoms with Gasteiger partial charge in [-0.1, -0.05) is 51.9 Å². The minimum absolute atomic E-state index is 0.500. The van der Waals surface area contributed by atoms with Gasteiger partial charge >= 0.3 is 0 Å². The molecule has 0 aromatic rings. The summed E-state index contributed by atoms with van der Waals surface area (Å²) >= 11 is 0. The second-order valence-electron chi connectivity index (χ2n) is 4.99. The normalized spacial score (nSPS) is 12.9. The Bertz CT molecular complexity index is 139. The molecule has 0 saturated heterocycles. The van der Waals surface area contributed by atoms with Crippen LogP contribution in [0.3, 0.4) is 0 Å². The fourth-order valence-corrected chi connectivity index (χ4v) is 1.96. The van der Waals surface area contributed by atoms with Crippen LogP contribution < -0.4 is 5.32 Å². The lowest BCUT2D eigenvalue weighted by atomic mass is 10.1. The van der Waals surface area contributed by atoms with Crippen molar-refractivity contribution in [3.05, 3.63) is 0 Å². The Morgan fingerprint density at radius 1 is 0.882 bits per heavy atom. The molecule has 0 heterocycles. The lowest BCUT2D eigenvalue weighted by Gasteiger charge is -2.13. The maximum atomic E-state index is 5.37. The summed E-state index contributed by atoms with van der Waals surface area (Å²) in [5, 5.41) is 3.50. The molecular weight excluding hydrogens is 210 g/mol. The largest absolute Gasteiger partial charge is 0.380 e. The van der Waals surface area contributed by atoms with Crippen molar-refractivity contribution in [2.75, 3.05) is 19.8 Å². The quantitative estimate of drug-likeness (QED) is 0.491. The van der Waals surface area contributed by atoms with Gasteiger partial charge in [-0.2, -0.15) is 0 Å². The van der Waals surface area contributed by atoms with Crippen molar-refractivity contribution in [1.82, 2.24) is 5.32 Å². The molecule has 0 spiro atoms. The third-order valence-corrected chi connectivity index (χ3v) is 3.10. The van der Waals surface area contributed by atoms with E-state index in [1.807, 2.05) is 6.92 Å². The number of unbranched alkanes of at least 4 members (excludes halogenated alkanes) is 7. The van der Waals surface area contributed by atoms with E-state index in [0.717, 1.165) is 19.8 Å². The van der Waals surface area contributed by atoms with Gasteiger partial charge in [0.25, 0.3) is 0 Å². The Balaban J connectivity index is 3.02. The van der Waals surface area contributed by atoms with Gasteiger partial charge in [-0.25, -0.2) is 0 Å². The molecule has 0 aromatic carbocycles. The molecule has 0 aliphatic carbocycles. The van der Waals surface area contributed by atoms with E-state index in [1.165, 1.54) is 51.4 Å². The lowest BCUT2D eigenvalue weighted by molar-refractivity contribution is 0.127. The number of rotatable bonds is 13. The summed E-state index contributed by atoms with van der Waals surface area (Å²) < 4.78 is 5.37. The van der Waals surface area contributed by atoms with E-state index in [-0.39, 0.29) is 0 Å². The first-order valence-electron chi connectivity index (χ1n) is 7.62. The van der Waals surface area contributed by atoms with Gasteiger partial charge in [-0.05, 0) is 26.8 Å². The summed E-state index contributed by atoms with van der Waals surface area (Å²) in [7, 11) is 0. The van der Waals surface area contributed by atoms with Gasteiger partial charge in [-0.15, -0.1) is 0 Å². The molecule has 17 heavy (non-hydrogen) atoms. The number of hydrogen-bond donors (Lipinski definition) is 1. The molecule has 1 unspecified atom stereocenters. The zero-order chi connectivity index (χ0) is 12.8. The van der Waals surface area contributed by atoms with Crippen LogP contribution in [-0.2, 0) is 4.74 Å². The van der Waals surface area contributed by atoms with Gasteiger partial charge in [0.15, 0.2) is 0 Å². The summed E-state index contributed by atoms with van der Waals surface area (Å²) in [5.74, 6) is 0. The van der Waals surface area contributed by atoms with E-state index in [0.29, 0.717) is 6.04 Å². The standard InChI is InChI=1S/C15H33NO/c1-4-6-7-8-9-10-11-12-13-16-15(3)14-17-5-2/h15-16H,4-14H2,1-3H3. The zero-order valence-corrected chi connectivity index (χ0v) is 12.3. The summed E-state index contributed by atoms with van der Waals surface area (Å²) in [5.41, 5.74) is 0. The van der Waals surface area contributed by atoms with Gasteiger partial charge in [-0.3, -0.25) is 0 Å². The first kappa shape index (κ1) is 16.9. The Kier molecular flexibility index (Phi) is 13.9. The molecule has 0 saturated carbocycles. The Hall–Kier alpha value is -0.0800. The second kappa shape index (κ2) is 14.0. The molecule has 0 aliphatic heterocycles. The molecule has 2 nitrogen and oxygen atoms in total. The molecule has 104 valence electrons. The third kappa shape index (κ3) is 13.9. The van der Waals surface area contributed by atoms with E-state index < -0.39 is 0 Å². The predicted molar refractivity (Wildman–Crippen MR) is 76.6 cm³/mol. The van der Waals surface area contributed by atoms with Gasteiger partial charge in [0.05, 0.1) is 6.61 Å². The third-order valence-electron chi connectivity index (χ3n) is 3.10. The van der Waals surface area contributed by atoms with Crippen LogP contribution in [0.15, 0.2) is 0 Å². The van der Waals surface area contributed by atoms with E-state index >= 15 is 0 Å². The van der Waals surface area contributed by atoms with Crippen molar-refractivity contribution in [2.45, 2.75) is 78.2 Å². The van der Waals surface area contributed by atoms with Gasteiger partial charge in [0.2, 0.25) is 0 Å². The van der Waals surface area contributed by atoms with E-state index in [9.17, 15) is 0 Å². The fourth-order valence-electron chi connectivity index (χ4n) is 1.96. The summed E-state index contributed by atoms with van der Waals surface area (Å²) in [6, 6.07) is 0.500. The highest BCUT2D eigenvalue weighted by molar-refractivity contribution is 4.59. The van der Waals surface area contributed by atoms with Crippen LogP contribution in [0.4, 0.5) is 0 Å². The van der Waals surface area contributed by atoms with Crippen LogP contribution in [0.25, 0.3) is 0 Å². The van der Waals surface area contributed by atoms with Crippen LogP contribution in [0.5, 0.6) is 0 Å². The number of hydrogen-bond acceptors (Lipinski definition) is 2. The SMILES string of the molecule is CCCCCCCCCCNC(C)COCC. The smallest absolute Gasteiger partial charge is 0.0616 e. The van der Waals surface area contributed by atoms with Crippen molar-refractivity contribution < 1.29 is 4.74 Å². The first-order valence-corrected chi connectivity index (χ1v) is 7.62. The lowest BCUT2D eigenvalue weighted by Crippen LogP contribution is -2.31. The van der Waals surface area contributed by atoms with Crippen molar-refractivity contribution in [3.8, 4) is 0 Å². The minimum Gasteiger partial charge on any atom is -0.380 e. The number of nitrogens with one attached hydrogen (secondary N) is 1.